The Bertz CT molecular complexity index is 1310. The topological polar surface area (TPSA) is 85.9 Å². The van der Waals surface area contributed by atoms with Crippen molar-refractivity contribution in [3.63, 3.8) is 0 Å². The number of ether oxygens (including phenoxy) is 2. The van der Waals surface area contributed by atoms with E-state index in [2.05, 4.69) is 14.8 Å². The smallest absolute Gasteiger partial charge is 0.416 e. The van der Waals surface area contributed by atoms with E-state index in [1.807, 2.05) is 43.3 Å². The molecule has 1 fully saturated rings. The van der Waals surface area contributed by atoms with Crippen LogP contribution in [-0.4, -0.2) is 64.3 Å². The average Bonchev–Trinajstić information content (AvgIpc) is 3.44. The maximum Gasteiger partial charge on any atom is 0.416 e. The van der Waals surface area contributed by atoms with Gasteiger partial charge < -0.3 is 24.5 Å². The van der Waals surface area contributed by atoms with E-state index < -0.39 is 22.3 Å². The lowest BCUT2D eigenvalue weighted by molar-refractivity contribution is -0.389. The van der Waals surface area contributed by atoms with Gasteiger partial charge in [0.05, 0.1) is 12.1 Å². The number of rotatable bonds is 8. The van der Waals surface area contributed by atoms with Crippen LogP contribution in [0.4, 0.5) is 24.7 Å². The number of alkyl halides is 3. The summed E-state index contributed by atoms with van der Waals surface area (Å²) >= 11 is 0. The number of anilines is 1. The molecule has 1 unspecified atom stereocenters. The van der Waals surface area contributed by atoms with E-state index in [0.717, 1.165) is 56.1 Å². The lowest BCUT2D eigenvalue weighted by atomic mass is 10.1. The first-order chi connectivity index (χ1) is 18.6. The van der Waals surface area contributed by atoms with Crippen LogP contribution in [0.25, 0.3) is 6.08 Å². The molecule has 1 aromatic heterocycles. The molecule has 9 nitrogen and oxygen atoms in total. The van der Waals surface area contributed by atoms with Gasteiger partial charge in [0.15, 0.2) is 5.60 Å². The fraction of sp³-hybridized carbons (Fsp3) is 0.370. The molecule has 5 rings (SSSR count). The van der Waals surface area contributed by atoms with Crippen LogP contribution in [0.1, 0.15) is 18.1 Å². The zero-order chi connectivity index (χ0) is 27.6. The molecule has 206 valence electrons. The highest BCUT2D eigenvalue weighted by atomic mass is 19.4. The molecule has 0 N–H and O–H groups in total. The number of nitro groups is 1. The Hall–Kier alpha value is -4.06. The molecule has 2 aliphatic heterocycles. The minimum atomic E-state index is -4.32. The number of imidazole rings is 1. The van der Waals surface area contributed by atoms with Crippen LogP contribution in [0, 0.1) is 10.1 Å². The van der Waals surface area contributed by atoms with Gasteiger partial charge in [0.1, 0.15) is 18.6 Å². The predicted octanol–water partition coefficient (Wildman–Crippen LogP) is 4.88. The molecule has 0 saturated carbocycles. The molecule has 1 saturated heterocycles. The fourth-order valence-electron chi connectivity index (χ4n) is 4.66. The third-order valence-corrected chi connectivity index (χ3v) is 6.79. The fourth-order valence-corrected chi connectivity index (χ4v) is 4.66. The number of fused-ring (bicyclic) bond motifs is 1. The van der Waals surface area contributed by atoms with Crippen LogP contribution in [0.3, 0.4) is 0 Å². The van der Waals surface area contributed by atoms with Crippen molar-refractivity contribution < 1.29 is 27.6 Å². The second-order valence-electron chi connectivity index (χ2n) is 9.91. The summed E-state index contributed by atoms with van der Waals surface area (Å²) in [6.45, 7) is 6.75. The molecule has 12 heteroatoms. The third kappa shape index (κ3) is 6.33. The van der Waals surface area contributed by atoms with Crippen LogP contribution in [0.5, 0.6) is 11.8 Å². The molecule has 2 aromatic carbocycles. The third-order valence-electron chi connectivity index (χ3n) is 6.79. The molecular formula is C27H28F3N5O4. The second-order valence-corrected chi connectivity index (χ2v) is 9.91. The Labute approximate surface area is 223 Å². The zero-order valence-electron chi connectivity index (χ0n) is 21.3. The normalized spacial score (nSPS) is 19.7. The van der Waals surface area contributed by atoms with E-state index in [4.69, 9.17) is 9.47 Å². The summed E-state index contributed by atoms with van der Waals surface area (Å²) in [5.41, 5.74) is 0.523. The first-order valence-electron chi connectivity index (χ1n) is 12.5. The maximum atomic E-state index is 12.7. The SMILES string of the molecule is CC1(COc2ccc(N3CCN(C/C=C/c4ccc(C(F)(F)F)cc4)CC3)cc2)Cn2cc([N+](=O)[O-])nc2O1. The number of aromatic nitrogens is 2. The average molecular weight is 544 g/mol. The van der Waals surface area contributed by atoms with Crippen molar-refractivity contribution in [2.45, 2.75) is 25.2 Å². The highest BCUT2D eigenvalue weighted by Gasteiger charge is 2.41. The van der Waals surface area contributed by atoms with Gasteiger partial charge in [-0.2, -0.15) is 13.2 Å². The highest BCUT2D eigenvalue weighted by molar-refractivity contribution is 5.51. The van der Waals surface area contributed by atoms with Gasteiger partial charge in [-0.1, -0.05) is 24.3 Å². The predicted molar refractivity (Wildman–Crippen MR) is 139 cm³/mol. The van der Waals surface area contributed by atoms with E-state index in [1.165, 1.54) is 18.3 Å². The Morgan fingerprint density at radius 1 is 1.10 bits per heavy atom. The Kier molecular flexibility index (Phi) is 7.21. The largest absolute Gasteiger partial charge is 0.489 e. The molecule has 0 amide bonds. The summed E-state index contributed by atoms with van der Waals surface area (Å²) in [7, 11) is 0. The monoisotopic (exact) mass is 543 g/mol. The first kappa shape index (κ1) is 26.5. The van der Waals surface area contributed by atoms with Gasteiger partial charge in [0.2, 0.25) is 0 Å². The lowest BCUT2D eigenvalue weighted by Crippen LogP contribution is -2.46. The summed E-state index contributed by atoms with van der Waals surface area (Å²) in [4.78, 5) is 18.8. The molecule has 0 aliphatic carbocycles. The molecule has 39 heavy (non-hydrogen) atoms. The Balaban J connectivity index is 1.05. The summed E-state index contributed by atoms with van der Waals surface area (Å²) < 4.78 is 51.5. The zero-order valence-corrected chi connectivity index (χ0v) is 21.3. The molecule has 3 aromatic rings. The van der Waals surface area contributed by atoms with Crippen LogP contribution >= 0.6 is 0 Å². The van der Waals surface area contributed by atoms with E-state index in [-0.39, 0.29) is 18.4 Å². The van der Waals surface area contributed by atoms with Crippen molar-refractivity contribution in [3.05, 3.63) is 82.0 Å². The van der Waals surface area contributed by atoms with Crippen molar-refractivity contribution in [1.29, 1.82) is 0 Å². The van der Waals surface area contributed by atoms with E-state index in [0.29, 0.717) is 12.3 Å². The number of hydrogen-bond acceptors (Lipinski definition) is 7. The molecular weight excluding hydrogens is 515 g/mol. The quantitative estimate of drug-likeness (QED) is 0.296. The molecule has 0 spiro atoms. The van der Waals surface area contributed by atoms with Gasteiger partial charge in [-0.05, 0) is 53.8 Å². The van der Waals surface area contributed by atoms with Crippen molar-refractivity contribution in [2.24, 2.45) is 0 Å². The van der Waals surface area contributed by atoms with Gasteiger partial charge in [0.25, 0.3) is 0 Å². The molecule has 1 atom stereocenters. The molecule has 0 bridgehead atoms. The minimum absolute atomic E-state index is 0.220. The van der Waals surface area contributed by atoms with Crippen LogP contribution in [0.15, 0.2) is 60.8 Å². The van der Waals surface area contributed by atoms with E-state index >= 15 is 0 Å². The van der Waals surface area contributed by atoms with Gasteiger partial charge in [-0.25, -0.2) is 0 Å². The van der Waals surface area contributed by atoms with Crippen molar-refractivity contribution >= 4 is 17.6 Å². The summed E-state index contributed by atoms with van der Waals surface area (Å²) in [6, 6.07) is 13.2. The van der Waals surface area contributed by atoms with Gasteiger partial charge in [0, 0.05) is 43.4 Å². The Morgan fingerprint density at radius 2 is 1.79 bits per heavy atom. The first-order valence-corrected chi connectivity index (χ1v) is 12.5. The minimum Gasteiger partial charge on any atom is -0.489 e. The van der Waals surface area contributed by atoms with Crippen LogP contribution in [0.2, 0.25) is 0 Å². The van der Waals surface area contributed by atoms with Gasteiger partial charge in [-0.3, -0.25) is 9.47 Å². The maximum absolute atomic E-state index is 12.7. The van der Waals surface area contributed by atoms with Crippen LogP contribution in [-0.2, 0) is 12.7 Å². The molecule has 2 aliphatic rings. The number of nitrogens with zero attached hydrogens (tertiary/aromatic N) is 5. The highest BCUT2D eigenvalue weighted by Crippen LogP contribution is 2.32. The molecule has 3 heterocycles. The van der Waals surface area contributed by atoms with E-state index in [9.17, 15) is 23.3 Å². The summed E-state index contributed by atoms with van der Waals surface area (Å²) in [6.07, 6.45) is 0.872. The number of hydrogen-bond donors (Lipinski definition) is 0. The van der Waals surface area contributed by atoms with Crippen molar-refractivity contribution in [1.82, 2.24) is 14.5 Å². The lowest BCUT2D eigenvalue weighted by Gasteiger charge is -2.35. The van der Waals surface area contributed by atoms with Crippen molar-refractivity contribution in [3.8, 4) is 11.8 Å². The number of benzene rings is 2. The number of piperazine rings is 1. The summed E-state index contributed by atoms with van der Waals surface area (Å²) in [5, 5.41) is 10.9. The summed E-state index contributed by atoms with van der Waals surface area (Å²) in [5.74, 6) is 0.463. The number of halogens is 3. The van der Waals surface area contributed by atoms with Crippen molar-refractivity contribution in [2.75, 3.05) is 44.2 Å². The second kappa shape index (κ2) is 10.6. The Morgan fingerprint density at radius 3 is 2.41 bits per heavy atom. The van der Waals surface area contributed by atoms with Gasteiger partial charge in [-0.15, -0.1) is 0 Å². The molecule has 0 radical (unpaired) electrons. The van der Waals surface area contributed by atoms with E-state index in [1.54, 1.807) is 4.57 Å². The van der Waals surface area contributed by atoms with Crippen LogP contribution < -0.4 is 14.4 Å². The van der Waals surface area contributed by atoms with Gasteiger partial charge >= 0.3 is 18.0 Å². The standard InChI is InChI=1S/C27H28F3N5O4/c1-26(18-34-17-24(35(36)37)31-25(34)39-26)19-38-23-10-8-22(9-11-23)33-15-13-32(14-16-33)12-2-3-20-4-6-21(7-5-20)27(28,29)30/h2-11,17H,12-16,18-19H2,1H3/b3-2+.